The quantitative estimate of drug-likeness (QED) is 0.872. The van der Waals surface area contributed by atoms with E-state index in [1.54, 1.807) is 13.2 Å². The molecule has 1 N–H and O–H groups in total. The first kappa shape index (κ1) is 15.4. The van der Waals surface area contributed by atoms with Crippen LogP contribution in [0.2, 0.25) is 0 Å². The molecule has 0 saturated carbocycles. The van der Waals surface area contributed by atoms with Crippen molar-refractivity contribution in [2.24, 2.45) is 0 Å². The molecule has 1 aliphatic heterocycles. The number of benzene rings is 1. The second-order valence-corrected chi connectivity index (χ2v) is 5.08. The Bertz CT molecular complexity index is 422. The molecule has 5 heteroatoms. The summed E-state index contributed by atoms with van der Waals surface area (Å²) in [6.45, 7) is 1.89. The Kier molecular flexibility index (Phi) is 5.88. The van der Waals surface area contributed by atoms with Gasteiger partial charge in [0.2, 0.25) is 0 Å². The van der Waals surface area contributed by atoms with Crippen molar-refractivity contribution in [3.8, 4) is 0 Å². The van der Waals surface area contributed by atoms with Crippen LogP contribution in [-0.2, 0) is 9.47 Å². The van der Waals surface area contributed by atoms with Gasteiger partial charge >= 0.3 is 0 Å². The van der Waals surface area contributed by atoms with E-state index in [2.05, 4.69) is 5.32 Å². The highest BCUT2D eigenvalue weighted by Gasteiger charge is 2.18. The van der Waals surface area contributed by atoms with E-state index in [1.807, 2.05) is 0 Å². The van der Waals surface area contributed by atoms with Gasteiger partial charge in [-0.25, -0.2) is 8.78 Å². The SMILES string of the molecule is COC[C@H](NC[C@@H]1CCCCO1)c1ccc(F)c(F)c1. The summed E-state index contributed by atoms with van der Waals surface area (Å²) in [4.78, 5) is 0. The van der Waals surface area contributed by atoms with Crippen LogP contribution in [0.5, 0.6) is 0 Å². The van der Waals surface area contributed by atoms with Crippen LogP contribution in [0, 0.1) is 11.6 Å². The maximum Gasteiger partial charge on any atom is 0.159 e. The van der Waals surface area contributed by atoms with Crippen molar-refractivity contribution >= 4 is 0 Å². The molecular weight excluding hydrogens is 264 g/mol. The number of methoxy groups -OCH3 is 1. The predicted molar refractivity (Wildman–Crippen MR) is 72.6 cm³/mol. The van der Waals surface area contributed by atoms with Crippen LogP contribution in [0.25, 0.3) is 0 Å². The first-order chi connectivity index (χ1) is 9.70. The largest absolute Gasteiger partial charge is 0.383 e. The minimum Gasteiger partial charge on any atom is -0.383 e. The van der Waals surface area contributed by atoms with Gasteiger partial charge in [0, 0.05) is 20.3 Å². The topological polar surface area (TPSA) is 30.5 Å². The van der Waals surface area contributed by atoms with Crippen LogP contribution in [-0.4, -0.2) is 33.0 Å². The zero-order valence-electron chi connectivity index (χ0n) is 11.7. The van der Waals surface area contributed by atoms with Crippen LogP contribution >= 0.6 is 0 Å². The molecule has 0 amide bonds. The lowest BCUT2D eigenvalue weighted by molar-refractivity contribution is 0.0134. The molecule has 3 nitrogen and oxygen atoms in total. The van der Waals surface area contributed by atoms with Crippen LogP contribution in [0.4, 0.5) is 8.78 Å². The molecule has 1 aromatic rings. The number of halogens is 2. The highest BCUT2D eigenvalue weighted by Crippen LogP contribution is 2.18. The normalized spacial score (nSPS) is 20.9. The maximum atomic E-state index is 13.3. The van der Waals surface area contributed by atoms with E-state index in [9.17, 15) is 8.78 Å². The third kappa shape index (κ3) is 4.23. The maximum absolute atomic E-state index is 13.3. The van der Waals surface area contributed by atoms with Crippen molar-refractivity contribution in [1.82, 2.24) is 5.32 Å². The van der Waals surface area contributed by atoms with Gasteiger partial charge in [-0.05, 0) is 37.0 Å². The van der Waals surface area contributed by atoms with Crippen LogP contribution in [0.3, 0.4) is 0 Å². The molecule has 0 radical (unpaired) electrons. The molecule has 0 unspecified atom stereocenters. The lowest BCUT2D eigenvalue weighted by Crippen LogP contribution is -2.35. The summed E-state index contributed by atoms with van der Waals surface area (Å²) >= 11 is 0. The highest BCUT2D eigenvalue weighted by molar-refractivity contribution is 5.21. The third-order valence-electron chi connectivity index (χ3n) is 3.55. The minimum atomic E-state index is -0.834. The summed E-state index contributed by atoms with van der Waals surface area (Å²) < 4.78 is 37.1. The lowest BCUT2D eigenvalue weighted by Gasteiger charge is -2.26. The summed E-state index contributed by atoms with van der Waals surface area (Å²) in [5.74, 6) is -1.67. The van der Waals surface area contributed by atoms with Gasteiger partial charge < -0.3 is 14.8 Å². The second-order valence-electron chi connectivity index (χ2n) is 5.08. The smallest absolute Gasteiger partial charge is 0.159 e. The van der Waals surface area contributed by atoms with Gasteiger partial charge in [-0.15, -0.1) is 0 Å². The van der Waals surface area contributed by atoms with Crippen molar-refractivity contribution in [3.05, 3.63) is 35.4 Å². The fourth-order valence-corrected chi connectivity index (χ4v) is 2.41. The number of hydrogen-bond acceptors (Lipinski definition) is 3. The van der Waals surface area contributed by atoms with Gasteiger partial charge in [-0.2, -0.15) is 0 Å². The van der Waals surface area contributed by atoms with E-state index >= 15 is 0 Å². The van der Waals surface area contributed by atoms with Crippen molar-refractivity contribution < 1.29 is 18.3 Å². The van der Waals surface area contributed by atoms with Crippen molar-refractivity contribution in [1.29, 1.82) is 0 Å². The molecule has 0 bridgehead atoms. The monoisotopic (exact) mass is 285 g/mol. The molecule has 112 valence electrons. The molecule has 1 heterocycles. The molecule has 20 heavy (non-hydrogen) atoms. The predicted octanol–water partition coefficient (Wildman–Crippen LogP) is 2.81. The van der Waals surface area contributed by atoms with Gasteiger partial charge in [0.15, 0.2) is 11.6 Å². The van der Waals surface area contributed by atoms with Gasteiger partial charge in [0.05, 0.1) is 18.8 Å². The van der Waals surface area contributed by atoms with Gasteiger partial charge in [-0.1, -0.05) is 6.07 Å². The average molecular weight is 285 g/mol. The summed E-state index contributed by atoms with van der Waals surface area (Å²) in [6.07, 6.45) is 3.51. The summed E-state index contributed by atoms with van der Waals surface area (Å²) in [5, 5.41) is 3.31. The molecule has 2 atom stereocenters. The highest BCUT2D eigenvalue weighted by atomic mass is 19.2. The van der Waals surface area contributed by atoms with E-state index in [1.165, 1.54) is 12.5 Å². The Morgan fingerprint density at radius 1 is 1.35 bits per heavy atom. The zero-order valence-corrected chi connectivity index (χ0v) is 11.7. The average Bonchev–Trinajstić information content (AvgIpc) is 2.47. The molecule has 1 aromatic carbocycles. The third-order valence-corrected chi connectivity index (χ3v) is 3.55. The molecule has 0 spiro atoms. The summed E-state index contributed by atoms with van der Waals surface area (Å²) in [6, 6.07) is 3.78. The molecule has 1 aliphatic rings. The minimum absolute atomic E-state index is 0.166. The standard InChI is InChI=1S/C15H21F2NO2/c1-19-10-15(11-5-6-13(16)14(17)8-11)18-9-12-4-2-3-7-20-12/h5-6,8,12,15,18H,2-4,7,9-10H2,1H3/t12-,15-/m0/s1. The van der Waals surface area contributed by atoms with Gasteiger partial charge in [-0.3, -0.25) is 0 Å². The van der Waals surface area contributed by atoms with Crippen LogP contribution < -0.4 is 5.32 Å². The number of ether oxygens (including phenoxy) is 2. The number of rotatable bonds is 6. The Morgan fingerprint density at radius 2 is 2.20 bits per heavy atom. The van der Waals surface area contributed by atoms with E-state index in [-0.39, 0.29) is 12.1 Å². The Balaban J connectivity index is 1.96. The molecule has 0 aliphatic carbocycles. The first-order valence-corrected chi connectivity index (χ1v) is 6.99. The molecule has 2 rings (SSSR count). The van der Waals surface area contributed by atoms with Gasteiger partial charge in [0.25, 0.3) is 0 Å². The van der Waals surface area contributed by atoms with Gasteiger partial charge in [0.1, 0.15) is 0 Å². The van der Waals surface area contributed by atoms with Crippen molar-refractivity contribution in [3.63, 3.8) is 0 Å². The Labute approximate surface area is 118 Å². The fraction of sp³-hybridized carbons (Fsp3) is 0.600. The summed E-state index contributed by atoms with van der Waals surface area (Å²) in [7, 11) is 1.59. The fourth-order valence-electron chi connectivity index (χ4n) is 2.41. The second kappa shape index (κ2) is 7.67. The van der Waals surface area contributed by atoms with E-state index in [0.29, 0.717) is 18.7 Å². The number of hydrogen-bond donors (Lipinski definition) is 1. The van der Waals surface area contributed by atoms with E-state index in [0.717, 1.165) is 25.5 Å². The summed E-state index contributed by atoms with van der Waals surface area (Å²) in [5.41, 5.74) is 0.682. The number of nitrogens with one attached hydrogen (secondary N) is 1. The van der Waals surface area contributed by atoms with Crippen LogP contribution in [0.1, 0.15) is 30.9 Å². The Hall–Kier alpha value is -1.04. The molecule has 1 fully saturated rings. The van der Waals surface area contributed by atoms with Crippen molar-refractivity contribution in [2.45, 2.75) is 31.4 Å². The van der Waals surface area contributed by atoms with E-state index in [4.69, 9.17) is 9.47 Å². The first-order valence-electron chi connectivity index (χ1n) is 6.99. The van der Waals surface area contributed by atoms with Crippen molar-refractivity contribution in [2.75, 3.05) is 26.9 Å². The molecule has 1 saturated heterocycles. The molecular formula is C15H21F2NO2. The van der Waals surface area contributed by atoms with E-state index < -0.39 is 11.6 Å². The molecule has 0 aromatic heterocycles. The lowest BCUT2D eigenvalue weighted by atomic mass is 10.1. The van der Waals surface area contributed by atoms with Crippen LogP contribution in [0.15, 0.2) is 18.2 Å². The zero-order chi connectivity index (χ0) is 14.4. The Morgan fingerprint density at radius 3 is 2.85 bits per heavy atom.